The molecule has 1 rings (SSSR count). The third-order valence-corrected chi connectivity index (χ3v) is 2.28. The zero-order valence-corrected chi connectivity index (χ0v) is 8.99. The standard InChI is InChI=1S/C12H15F3/c1-3-4-5-10-6-9(2)7-11(8-10)12(13,14)15/h6-8H,3-5H2,1-2H3. The molecule has 15 heavy (non-hydrogen) atoms. The molecule has 0 aliphatic rings. The first kappa shape index (κ1) is 12.1. The molecule has 0 fully saturated rings. The SMILES string of the molecule is CCCCc1cc(C)cc(C(F)(F)F)c1. The van der Waals surface area contributed by atoms with E-state index in [1.807, 2.05) is 13.0 Å². The fourth-order valence-electron chi connectivity index (χ4n) is 1.55. The van der Waals surface area contributed by atoms with Crippen molar-refractivity contribution in [1.29, 1.82) is 0 Å². The maximum Gasteiger partial charge on any atom is 0.416 e. The third kappa shape index (κ3) is 3.57. The second kappa shape index (κ2) is 4.69. The number of hydrogen-bond acceptors (Lipinski definition) is 0. The predicted octanol–water partition coefficient (Wildman–Crippen LogP) is 4.36. The highest BCUT2D eigenvalue weighted by atomic mass is 19.4. The number of alkyl halides is 3. The number of halogens is 3. The van der Waals surface area contributed by atoms with E-state index in [1.54, 1.807) is 6.92 Å². The quantitative estimate of drug-likeness (QED) is 0.704. The molecule has 3 heteroatoms. The number of aryl methyl sites for hydroxylation is 2. The summed E-state index contributed by atoms with van der Waals surface area (Å²) in [5.41, 5.74) is 0.925. The van der Waals surface area contributed by atoms with Crippen molar-refractivity contribution in [2.24, 2.45) is 0 Å². The van der Waals surface area contributed by atoms with E-state index < -0.39 is 11.7 Å². The third-order valence-electron chi connectivity index (χ3n) is 2.28. The highest BCUT2D eigenvalue weighted by molar-refractivity contribution is 5.31. The Labute approximate surface area is 88.1 Å². The monoisotopic (exact) mass is 216 g/mol. The van der Waals surface area contributed by atoms with Gasteiger partial charge in [0.2, 0.25) is 0 Å². The van der Waals surface area contributed by atoms with Crippen molar-refractivity contribution in [3.8, 4) is 0 Å². The van der Waals surface area contributed by atoms with Crippen molar-refractivity contribution in [3.63, 3.8) is 0 Å². The van der Waals surface area contributed by atoms with E-state index in [4.69, 9.17) is 0 Å². The van der Waals surface area contributed by atoms with Gasteiger partial charge in [0.1, 0.15) is 0 Å². The van der Waals surface area contributed by atoms with Crippen LogP contribution in [0.2, 0.25) is 0 Å². The van der Waals surface area contributed by atoms with Gasteiger partial charge in [-0.25, -0.2) is 0 Å². The fourth-order valence-corrected chi connectivity index (χ4v) is 1.55. The van der Waals surface area contributed by atoms with Gasteiger partial charge in [-0.05, 0) is 37.5 Å². The Kier molecular flexibility index (Phi) is 3.77. The maximum absolute atomic E-state index is 12.5. The second-order valence-corrected chi connectivity index (χ2v) is 3.81. The minimum Gasteiger partial charge on any atom is -0.166 e. The molecule has 0 aromatic heterocycles. The van der Waals surface area contributed by atoms with Crippen LogP contribution in [0.5, 0.6) is 0 Å². The van der Waals surface area contributed by atoms with Crippen LogP contribution in [0, 0.1) is 6.92 Å². The first-order chi connectivity index (χ1) is 6.93. The lowest BCUT2D eigenvalue weighted by atomic mass is 10.0. The van der Waals surface area contributed by atoms with Crippen LogP contribution >= 0.6 is 0 Å². The largest absolute Gasteiger partial charge is 0.416 e. The Hall–Kier alpha value is -0.990. The van der Waals surface area contributed by atoms with Crippen molar-refractivity contribution in [2.45, 2.75) is 39.3 Å². The van der Waals surface area contributed by atoms with Gasteiger partial charge >= 0.3 is 6.18 Å². The van der Waals surface area contributed by atoms with Gasteiger partial charge in [0.25, 0.3) is 0 Å². The molecule has 0 spiro atoms. The Bertz CT molecular complexity index is 326. The molecule has 1 aromatic carbocycles. The lowest BCUT2D eigenvalue weighted by molar-refractivity contribution is -0.137. The van der Waals surface area contributed by atoms with Crippen molar-refractivity contribution >= 4 is 0 Å². The maximum atomic E-state index is 12.5. The van der Waals surface area contributed by atoms with Crippen LogP contribution in [0.4, 0.5) is 13.2 Å². The van der Waals surface area contributed by atoms with Crippen LogP contribution in [-0.2, 0) is 12.6 Å². The van der Waals surface area contributed by atoms with Crippen molar-refractivity contribution in [3.05, 3.63) is 34.9 Å². The van der Waals surface area contributed by atoms with E-state index in [1.165, 1.54) is 12.1 Å². The van der Waals surface area contributed by atoms with Gasteiger partial charge < -0.3 is 0 Å². The molecule has 1 aromatic rings. The van der Waals surface area contributed by atoms with Crippen molar-refractivity contribution in [2.75, 3.05) is 0 Å². The molecule has 0 saturated carbocycles. The average molecular weight is 216 g/mol. The summed E-state index contributed by atoms with van der Waals surface area (Å²) in [6.07, 6.45) is -1.58. The van der Waals surface area contributed by atoms with Crippen LogP contribution < -0.4 is 0 Å². The Morgan fingerprint density at radius 1 is 1.13 bits per heavy atom. The summed E-state index contributed by atoms with van der Waals surface area (Å²) in [4.78, 5) is 0. The minimum atomic E-state index is -4.23. The molecule has 0 aliphatic carbocycles. The fraction of sp³-hybridized carbons (Fsp3) is 0.500. The minimum absolute atomic E-state index is 0.534. The van der Waals surface area contributed by atoms with Gasteiger partial charge in [-0.15, -0.1) is 0 Å². The smallest absolute Gasteiger partial charge is 0.166 e. The molecule has 0 radical (unpaired) electrons. The first-order valence-electron chi connectivity index (χ1n) is 5.11. The molecule has 0 heterocycles. The normalized spacial score (nSPS) is 11.8. The summed E-state index contributed by atoms with van der Waals surface area (Å²) < 4.78 is 37.4. The van der Waals surface area contributed by atoms with Crippen LogP contribution in [0.15, 0.2) is 18.2 Å². The molecule has 84 valence electrons. The summed E-state index contributed by atoms with van der Waals surface area (Å²) >= 11 is 0. The van der Waals surface area contributed by atoms with Crippen LogP contribution in [0.25, 0.3) is 0 Å². The van der Waals surface area contributed by atoms with Gasteiger partial charge in [-0.1, -0.05) is 25.0 Å². The lowest BCUT2D eigenvalue weighted by Gasteiger charge is -2.10. The Balaban J connectivity index is 2.95. The van der Waals surface area contributed by atoms with E-state index in [0.717, 1.165) is 24.8 Å². The molecular weight excluding hydrogens is 201 g/mol. The van der Waals surface area contributed by atoms with Gasteiger partial charge in [-0.3, -0.25) is 0 Å². The predicted molar refractivity (Wildman–Crippen MR) is 54.8 cm³/mol. The summed E-state index contributed by atoms with van der Waals surface area (Å²) in [5, 5.41) is 0. The van der Waals surface area contributed by atoms with E-state index in [0.29, 0.717) is 5.56 Å². The summed E-state index contributed by atoms with van der Waals surface area (Å²) in [5.74, 6) is 0. The Morgan fingerprint density at radius 3 is 2.33 bits per heavy atom. The number of unbranched alkanes of at least 4 members (excludes halogenated alkanes) is 1. The van der Waals surface area contributed by atoms with E-state index in [2.05, 4.69) is 0 Å². The van der Waals surface area contributed by atoms with Gasteiger partial charge in [0.05, 0.1) is 5.56 Å². The molecule has 0 atom stereocenters. The molecule has 0 saturated heterocycles. The van der Waals surface area contributed by atoms with Crippen LogP contribution in [0.3, 0.4) is 0 Å². The lowest BCUT2D eigenvalue weighted by Crippen LogP contribution is -2.06. The number of hydrogen-bond donors (Lipinski definition) is 0. The summed E-state index contributed by atoms with van der Waals surface area (Å²) in [6, 6.07) is 4.27. The average Bonchev–Trinajstić information content (AvgIpc) is 2.12. The highest BCUT2D eigenvalue weighted by Gasteiger charge is 2.30. The topological polar surface area (TPSA) is 0 Å². The van der Waals surface area contributed by atoms with Crippen LogP contribution in [0.1, 0.15) is 36.5 Å². The second-order valence-electron chi connectivity index (χ2n) is 3.81. The molecule has 0 nitrogen and oxygen atoms in total. The number of benzene rings is 1. The van der Waals surface area contributed by atoms with E-state index in [-0.39, 0.29) is 0 Å². The zero-order valence-electron chi connectivity index (χ0n) is 8.99. The first-order valence-corrected chi connectivity index (χ1v) is 5.11. The molecule has 0 aliphatic heterocycles. The number of rotatable bonds is 3. The zero-order chi connectivity index (χ0) is 11.5. The Morgan fingerprint density at radius 2 is 1.80 bits per heavy atom. The summed E-state index contributed by atoms with van der Waals surface area (Å²) in [7, 11) is 0. The molecule has 0 amide bonds. The van der Waals surface area contributed by atoms with E-state index >= 15 is 0 Å². The van der Waals surface area contributed by atoms with E-state index in [9.17, 15) is 13.2 Å². The molecule has 0 N–H and O–H groups in total. The van der Waals surface area contributed by atoms with Crippen LogP contribution in [-0.4, -0.2) is 0 Å². The van der Waals surface area contributed by atoms with Gasteiger partial charge in [-0.2, -0.15) is 13.2 Å². The van der Waals surface area contributed by atoms with Crippen molar-refractivity contribution < 1.29 is 13.2 Å². The van der Waals surface area contributed by atoms with Gasteiger partial charge in [0, 0.05) is 0 Å². The summed E-state index contributed by atoms with van der Waals surface area (Å²) in [6.45, 7) is 3.73. The molecular formula is C12H15F3. The van der Waals surface area contributed by atoms with Crippen molar-refractivity contribution in [1.82, 2.24) is 0 Å². The van der Waals surface area contributed by atoms with Gasteiger partial charge in [0.15, 0.2) is 0 Å². The highest BCUT2D eigenvalue weighted by Crippen LogP contribution is 2.30. The molecule has 0 bridgehead atoms. The molecule has 0 unspecified atom stereocenters.